The van der Waals surface area contributed by atoms with Gasteiger partial charge in [0.15, 0.2) is 0 Å². The summed E-state index contributed by atoms with van der Waals surface area (Å²) in [4.78, 5) is 33.8. The fourth-order valence-electron chi connectivity index (χ4n) is 2.28. The maximum atomic E-state index is 12.2. The molecule has 1 aromatic rings. The van der Waals surface area contributed by atoms with Crippen LogP contribution in [0.4, 0.5) is 4.79 Å². The standard InChI is InChI=1S/C13H20N4O2S/c1-3-15(4-2)13(19)17-7-5-16(6-8-17)12(18)11-9-20-10-14-11/h9-10H,3-8H2,1-2H3. The van der Waals surface area contributed by atoms with Gasteiger partial charge in [-0.15, -0.1) is 11.3 Å². The lowest BCUT2D eigenvalue weighted by Crippen LogP contribution is -2.54. The van der Waals surface area contributed by atoms with Crippen molar-refractivity contribution in [2.75, 3.05) is 39.3 Å². The van der Waals surface area contributed by atoms with Crippen LogP contribution in [0.1, 0.15) is 24.3 Å². The highest BCUT2D eigenvalue weighted by atomic mass is 32.1. The van der Waals surface area contributed by atoms with Crippen LogP contribution in [-0.4, -0.2) is 70.9 Å². The average Bonchev–Trinajstić information content (AvgIpc) is 3.02. The number of amides is 3. The van der Waals surface area contributed by atoms with Crippen molar-refractivity contribution in [2.24, 2.45) is 0 Å². The van der Waals surface area contributed by atoms with Gasteiger partial charge >= 0.3 is 6.03 Å². The van der Waals surface area contributed by atoms with Crippen LogP contribution in [0.25, 0.3) is 0 Å². The van der Waals surface area contributed by atoms with E-state index in [4.69, 9.17) is 0 Å². The molecule has 0 atom stereocenters. The minimum Gasteiger partial charge on any atom is -0.334 e. The Kier molecular flexibility index (Phi) is 4.94. The normalized spacial score (nSPS) is 15.3. The van der Waals surface area contributed by atoms with E-state index >= 15 is 0 Å². The fraction of sp³-hybridized carbons (Fsp3) is 0.615. The zero-order valence-electron chi connectivity index (χ0n) is 11.9. The van der Waals surface area contributed by atoms with Crippen LogP contribution < -0.4 is 0 Å². The molecule has 110 valence electrons. The van der Waals surface area contributed by atoms with Crippen molar-refractivity contribution >= 4 is 23.3 Å². The summed E-state index contributed by atoms with van der Waals surface area (Å²) in [6.45, 7) is 7.70. The van der Waals surface area contributed by atoms with E-state index in [1.54, 1.807) is 20.7 Å². The Bertz CT molecular complexity index is 451. The molecular weight excluding hydrogens is 276 g/mol. The fourth-order valence-corrected chi connectivity index (χ4v) is 2.80. The van der Waals surface area contributed by atoms with E-state index in [0.717, 1.165) is 0 Å². The van der Waals surface area contributed by atoms with Crippen LogP contribution >= 0.6 is 11.3 Å². The molecule has 1 aliphatic heterocycles. The molecule has 1 aromatic heterocycles. The van der Waals surface area contributed by atoms with Crippen LogP contribution in [-0.2, 0) is 0 Å². The van der Waals surface area contributed by atoms with Gasteiger partial charge in [-0.3, -0.25) is 4.79 Å². The number of nitrogens with zero attached hydrogens (tertiary/aromatic N) is 4. The lowest BCUT2D eigenvalue weighted by molar-refractivity contribution is 0.0637. The molecule has 6 nitrogen and oxygen atoms in total. The Labute approximate surface area is 123 Å². The molecule has 20 heavy (non-hydrogen) atoms. The second-order valence-electron chi connectivity index (χ2n) is 4.61. The third-order valence-corrected chi connectivity index (χ3v) is 4.11. The van der Waals surface area contributed by atoms with Gasteiger partial charge in [-0.2, -0.15) is 0 Å². The molecule has 1 fully saturated rings. The topological polar surface area (TPSA) is 56.8 Å². The number of hydrogen-bond donors (Lipinski definition) is 0. The molecule has 0 bridgehead atoms. The number of carbonyl (C=O) groups excluding carboxylic acids is 2. The smallest absolute Gasteiger partial charge is 0.320 e. The van der Waals surface area contributed by atoms with Gasteiger partial charge in [-0.25, -0.2) is 9.78 Å². The minimum absolute atomic E-state index is 0.0406. The van der Waals surface area contributed by atoms with E-state index in [0.29, 0.717) is 45.0 Å². The Morgan fingerprint density at radius 2 is 1.80 bits per heavy atom. The molecular formula is C13H20N4O2S. The van der Waals surface area contributed by atoms with Gasteiger partial charge in [0.25, 0.3) is 5.91 Å². The Hall–Kier alpha value is -1.63. The molecule has 1 saturated heterocycles. The molecule has 2 rings (SSSR count). The number of carbonyl (C=O) groups is 2. The maximum Gasteiger partial charge on any atom is 0.320 e. The van der Waals surface area contributed by atoms with E-state index in [1.807, 2.05) is 18.7 Å². The molecule has 0 radical (unpaired) electrons. The first kappa shape index (κ1) is 14.8. The summed E-state index contributed by atoms with van der Waals surface area (Å²) in [5.74, 6) is -0.0406. The van der Waals surface area contributed by atoms with Gasteiger partial charge < -0.3 is 14.7 Å². The predicted molar refractivity (Wildman–Crippen MR) is 77.9 cm³/mol. The number of rotatable bonds is 3. The van der Waals surface area contributed by atoms with Crippen LogP contribution in [0, 0.1) is 0 Å². The van der Waals surface area contributed by atoms with Crippen LogP contribution in [0.15, 0.2) is 10.9 Å². The van der Waals surface area contributed by atoms with Gasteiger partial charge in [-0.05, 0) is 13.8 Å². The molecule has 0 aliphatic carbocycles. The van der Waals surface area contributed by atoms with E-state index in [9.17, 15) is 9.59 Å². The van der Waals surface area contributed by atoms with Gasteiger partial charge in [0, 0.05) is 44.6 Å². The number of piperazine rings is 1. The van der Waals surface area contributed by atoms with E-state index < -0.39 is 0 Å². The average molecular weight is 296 g/mol. The molecule has 0 aromatic carbocycles. The highest BCUT2D eigenvalue weighted by Crippen LogP contribution is 2.10. The molecule has 2 heterocycles. The first-order valence-electron chi connectivity index (χ1n) is 6.88. The summed E-state index contributed by atoms with van der Waals surface area (Å²) < 4.78 is 0. The highest BCUT2D eigenvalue weighted by Gasteiger charge is 2.27. The van der Waals surface area contributed by atoms with Crippen molar-refractivity contribution in [3.63, 3.8) is 0 Å². The van der Waals surface area contributed by atoms with Crippen LogP contribution in [0.2, 0.25) is 0 Å². The summed E-state index contributed by atoms with van der Waals surface area (Å²) in [5, 5.41) is 1.76. The van der Waals surface area contributed by atoms with Crippen LogP contribution in [0.3, 0.4) is 0 Å². The zero-order chi connectivity index (χ0) is 14.5. The molecule has 7 heteroatoms. The lowest BCUT2D eigenvalue weighted by Gasteiger charge is -2.36. The van der Waals surface area contributed by atoms with Crippen molar-refractivity contribution in [1.82, 2.24) is 19.7 Å². The minimum atomic E-state index is -0.0406. The second-order valence-corrected chi connectivity index (χ2v) is 5.33. The molecule has 0 N–H and O–H groups in total. The summed E-state index contributed by atoms with van der Waals surface area (Å²) in [7, 11) is 0. The van der Waals surface area contributed by atoms with Gasteiger partial charge in [0.1, 0.15) is 5.69 Å². The first-order valence-corrected chi connectivity index (χ1v) is 7.83. The third kappa shape index (κ3) is 3.09. The van der Waals surface area contributed by atoms with E-state index in [-0.39, 0.29) is 11.9 Å². The summed E-state index contributed by atoms with van der Waals surface area (Å²) in [6.07, 6.45) is 0. The predicted octanol–water partition coefficient (Wildman–Crippen LogP) is 1.36. The number of urea groups is 1. The van der Waals surface area contributed by atoms with Crippen molar-refractivity contribution in [3.8, 4) is 0 Å². The van der Waals surface area contributed by atoms with Crippen molar-refractivity contribution in [3.05, 3.63) is 16.6 Å². The SMILES string of the molecule is CCN(CC)C(=O)N1CCN(C(=O)c2cscn2)CC1. The van der Waals surface area contributed by atoms with Crippen molar-refractivity contribution in [2.45, 2.75) is 13.8 Å². The molecule has 0 unspecified atom stereocenters. The Balaban J connectivity index is 1.89. The summed E-state index contributed by atoms with van der Waals surface area (Å²) in [5.41, 5.74) is 2.16. The zero-order valence-corrected chi connectivity index (χ0v) is 12.7. The Morgan fingerprint density at radius 1 is 1.20 bits per heavy atom. The quantitative estimate of drug-likeness (QED) is 0.846. The van der Waals surface area contributed by atoms with Crippen molar-refractivity contribution in [1.29, 1.82) is 0 Å². The highest BCUT2D eigenvalue weighted by molar-refractivity contribution is 7.07. The monoisotopic (exact) mass is 296 g/mol. The third-order valence-electron chi connectivity index (χ3n) is 3.52. The van der Waals surface area contributed by atoms with E-state index in [2.05, 4.69) is 4.98 Å². The van der Waals surface area contributed by atoms with E-state index in [1.165, 1.54) is 11.3 Å². The molecule has 1 aliphatic rings. The molecule has 0 spiro atoms. The lowest BCUT2D eigenvalue weighted by atomic mass is 10.3. The van der Waals surface area contributed by atoms with Gasteiger partial charge in [0.05, 0.1) is 5.51 Å². The maximum absolute atomic E-state index is 12.2. The van der Waals surface area contributed by atoms with Gasteiger partial charge in [0.2, 0.25) is 0 Å². The number of thiazole rings is 1. The van der Waals surface area contributed by atoms with Crippen molar-refractivity contribution < 1.29 is 9.59 Å². The van der Waals surface area contributed by atoms with Gasteiger partial charge in [-0.1, -0.05) is 0 Å². The van der Waals surface area contributed by atoms with Crippen LogP contribution in [0.5, 0.6) is 0 Å². The Morgan fingerprint density at radius 3 is 2.30 bits per heavy atom. The summed E-state index contributed by atoms with van der Waals surface area (Å²) in [6, 6.07) is 0.0655. The first-order chi connectivity index (χ1) is 9.67. The number of hydrogen-bond acceptors (Lipinski definition) is 4. The number of aromatic nitrogens is 1. The molecule has 0 saturated carbocycles. The summed E-state index contributed by atoms with van der Waals surface area (Å²) >= 11 is 1.42. The second kappa shape index (κ2) is 6.69. The molecule has 3 amide bonds. The largest absolute Gasteiger partial charge is 0.334 e.